The van der Waals surface area contributed by atoms with Gasteiger partial charge in [0.05, 0.1) is 19.8 Å². The average molecular weight is 408 g/mol. The summed E-state index contributed by atoms with van der Waals surface area (Å²) in [5.41, 5.74) is 3.03. The molecule has 2 aromatic carbocycles. The number of hydrogen-bond acceptors (Lipinski definition) is 5. The standard InChI is InChI=1S/C24H29N3O3/c1-5-30-23-11-10-17(2)14-21(23)18(3)27-24(28)20(15-25)16-26-13-12-19-8-6-7-9-22(19)29-4/h6-11,14,16,18,26H,5,12-13H2,1-4H3,(H,27,28)/b20-16-. The van der Waals surface area contributed by atoms with Crippen molar-refractivity contribution >= 4 is 5.91 Å². The lowest BCUT2D eigenvalue weighted by molar-refractivity contribution is -0.117. The van der Waals surface area contributed by atoms with Crippen LogP contribution in [-0.4, -0.2) is 26.2 Å². The molecule has 158 valence electrons. The Hall–Kier alpha value is -3.46. The largest absolute Gasteiger partial charge is 0.496 e. The average Bonchev–Trinajstić information content (AvgIpc) is 2.75. The molecular weight excluding hydrogens is 378 g/mol. The first-order chi connectivity index (χ1) is 14.5. The Kier molecular flexibility index (Phi) is 8.76. The number of amides is 1. The summed E-state index contributed by atoms with van der Waals surface area (Å²) in [6, 6.07) is 15.3. The maximum absolute atomic E-state index is 12.6. The van der Waals surface area contributed by atoms with Gasteiger partial charge in [-0.3, -0.25) is 4.79 Å². The Morgan fingerprint density at radius 3 is 2.70 bits per heavy atom. The molecule has 0 aliphatic rings. The highest BCUT2D eigenvalue weighted by Crippen LogP contribution is 2.26. The van der Waals surface area contributed by atoms with E-state index in [-0.39, 0.29) is 11.6 Å². The molecule has 0 saturated heterocycles. The highest BCUT2D eigenvalue weighted by molar-refractivity contribution is 5.97. The molecule has 6 heteroatoms. The van der Waals surface area contributed by atoms with Crippen LogP contribution >= 0.6 is 0 Å². The second kappa shape index (κ2) is 11.5. The molecule has 0 aromatic heterocycles. The van der Waals surface area contributed by atoms with E-state index in [4.69, 9.17) is 9.47 Å². The fourth-order valence-electron chi connectivity index (χ4n) is 3.08. The summed E-state index contributed by atoms with van der Waals surface area (Å²) in [5.74, 6) is 1.12. The van der Waals surface area contributed by atoms with Gasteiger partial charge in [-0.1, -0.05) is 35.9 Å². The van der Waals surface area contributed by atoms with Gasteiger partial charge in [0.2, 0.25) is 0 Å². The molecule has 0 spiro atoms. The van der Waals surface area contributed by atoms with Crippen LogP contribution in [0.3, 0.4) is 0 Å². The van der Waals surface area contributed by atoms with E-state index >= 15 is 0 Å². The zero-order valence-electron chi connectivity index (χ0n) is 18.0. The van der Waals surface area contributed by atoms with E-state index < -0.39 is 5.91 Å². The number of methoxy groups -OCH3 is 1. The molecule has 0 radical (unpaired) electrons. The molecule has 0 aliphatic heterocycles. The number of nitrogens with zero attached hydrogens (tertiary/aromatic N) is 1. The summed E-state index contributed by atoms with van der Waals surface area (Å²) in [5, 5.41) is 15.3. The van der Waals surface area contributed by atoms with Crippen LogP contribution < -0.4 is 20.1 Å². The van der Waals surface area contributed by atoms with Gasteiger partial charge in [0, 0.05) is 18.3 Å². The molecule has 1 unspecified atom stereocenters. The van der Waals surface area contributed by atoms with E-state index in [1.54, 1.807) is 7.11 Å². The first-order valence-electron chi connectivity index (χ1n) is 9.99. The minimum absolute atomic E-state index is 0.0208. The lowest BCUT2D eigenvalue weighted by Crippen LogP contribution is -2.29. The van der Waals surface area contributed by atoms with Crippen LogP contribution in [0.15, 0.2) is 54.2 Å². The SMILES string of the molecule is CCOc1ccc(C)cc1C(C)NC(=O)/C(C#N)=C\NCCc1ccccc1OC. The van der Waals surface area contributed by atoms with Gasteiger partial charge in [0.1, 0.15) is 23.1 Å². The fraction of sp³-hybridized carbons (Fsp3) is 0.333. The van der Waals surface area contributed by atoms with Crippen molar-refractivity contribution in [2.24, 2.45) is 0 Å². The lowest BCUT2D eigenvalue weighted by atomic mass is 10.0. The highest BCUT2D eigenvalue weighted by atomic mass is 16.5. The van der Waals surface area contributed by atoms with E-state index in [9.17, 15) is 10.1 Å². The molecule has 2 N–H and O–H groups in total. The fourth-order valence-corrected chi connectivity index (χ4v) is 3.08. The maximum atomic E-state index is 12.6. The van der Waals surface area contributed by atoms with Crippen LogP contribution in [0.4, 0.5) is 0 Å². The maximum Gasteiger partial charge on any atom is 0.263 e. The summed E-state index contributed by atoms with van der Waals surface area (Å²) in [7, 11) is 1.64. The summed E-state index contributed by atoms with van der Waals surface area (Å²) < 4.78 is 11.0. The third-order valence-corrected chi connectivity index (χ3v) is 4.62. The second-order valence-corrected chi connectivity index (χ2v) is 6.86. The van der Waals surface area contributed by atoms with Gasteiger partial charge in [0.15, 0.2) is 0 Å². The molecular formula is C24H29N3O3. The quantitative estimate of drug-likeness (QED) is 0.355. The Labute approximate surface area is 178 Å². The van der Waals surface area contributed by atoms with E-state index in [0.29, 0.717) is 19.6 Å². The van der Waals surface area contributed by atoms with Crippen LogP contribution in [0, 0.1) is 18.3 Å². The van der Waals surface area contributed by atoms with Crippen molar-refractivity contribution in [2.45, 2.75) is 33.2 Å². The van der Waals surface area contributed by atoms with Crippen molar-refractivity contribution in [3.05, 3.63) is 70.9 Å². The molecule has 0 aliphatic carbocycles. The second-order valence-electron chi connectivity index (χ2n) is 6.86. The number of rotatable bonds is 10. The minimum atomic E-state index is -0.432. The molecule has 0 bridgehead atoms. The minimum Gasteiger partial charge on any atom is -0.496 e. The van der Waals surface area contributed by atoms with E-state index in [0.717, 1.165) is 28.2 Å². The first kappa shape index (κ1) is 22.8. The van der Waals surface area contributed by atoms with Gasteiger partial charge >= 0.3 is 0 Å². The van der Waals surface area contributed by atoms with Crippen molar-refractivity contribution in [1.82, 2.24) is 10.6 Å². The predicted molar refractivity (Wildman–Crippen MR) is 117 cm³/mol. The van der Waals surface area contributed by atoms with E-state index in [1.165, 1.54) is 6.20 Å². The van der Waals surface area contributed by atoms with Crippen molar-refractivity contribution < 1.29 is 14.3 Å². The van der Waals surface area contributed by atoms with Crippen molar-refractivity contribution in [2.75, 3.05) is 20.3 Å². The molecule has 6 nitrogen and oxygen atoms in total. The van der Waals surface area contributed by atoms with Gasteiger partial charge in [-0.2, -0.15) is 5.26 Å². The predicted octanol–water partition coefficient (Wildman–Crippen LogP) is 3.82. The number of nitrogens with one attached hydrogen (secondary N) is 2. The molecule has 1 amide bonds. The number of nitriles is 1. The molecule has 0 saturated carbocycles. The smallest absolute Gasteiger partial charge is 0.263 e. The summed E-state index contributed by atoms with van der Waals surface area (Å²) in [6.45, 7) is 6.89. The topological polar surface area (TPSA) is 83.4 Å². The lowest BCUT2D eigenvalue weighted by Gasteiger charge is -2.18. The van der Waals surface area contributed by atoms with Crippen LogP contribution in [0.5, 0.6) is 11.5 Å². The number of carbonyl (C=O) groups is 1. The number of hydrogen-bond donors (Lipinski definition) is 2. The Bertz CT molecular complexity index is 932. The van der Waals surface area contributed by atoms with Crippen molar-refractivity contribution in [1.29, 1.82) is 5.26 Å². The van der Waals surface area contributed by atoms with Gasteiger partial charge < -0.3 is 20.1 Å². The number of benzene rings is 2. The Morgan fingerprint density at radius 2 is 2.00 bits per heavy atom. The Morgan fingerprint density at radius 1 is 1.23 bits per heavy atom. The molecule has 2 rings (SSSR count). The van der Waals surface area contributed by atoms with Gasteiger partial charge in [-0.25, -0.2) is 0 Å². The van der Waals surface area contributed by atoms with Crippen LogP contribution in [0.1, 0.15) is 36.6 Å². The zero-order valence-corrected chi connectivity index (χ0v) is 18.0. The summed E-state index contributed by atoms with van der Waals surface area (Å²) >= 11 is 0. The van der Waals surface area contributed by atoms with Gasteiger partial charge in [0.25, 0.3) is 5.91 Å². The molecule has 2 aromatic rings. The monoisotopic (exact) mass is 407 g/mol. The molecule has 1 atom stereocenters. The summed E-state index contributed by atoms with van der Waals surface area (Å²) in [4.78, 5) is 12.6. The van der Waals surface area contributed by atoms with Crippen molar-refractivity contribution in [3.63, 3.8) is 0 Å². The third kappa shape index (κ3) is 6.28. The first-order valence-corrected chi connectivity index (χ1v) is 9.99. The van der Waals surface area contributed by atoms with E-state index in [2.05, 4.69) is 10.6 Å². The molecule has 0 fully saturated rings. The van der Waals surface area contributed by atoms with Crippen LogP contribution in [0.2, 0.25) is 0 Å². The molecule has 0 heterocycles. The van der Waals surface area contributed by atoms with Crippen LogP contribution in [-0.2, 0) is 11.2 Å². The van der Waals surface area contributed by atoms with Crippen molar-refractivity contribution in [3.8, 4) is 17.6 Å². The number of para-hydroxylation sites is 1. The summed E-state index contributed by atoms with van der Waals surface area (Å²) in [6.07, 6.45) is 2.16. The normalized spacial score (nSPS) is 11.9. The van der Waals surface area contributed by atoms with E-state index in [1.807, 2.05) is 69.3 Å². The number of aryl methyl sites for hydroxylation is 1. The number of ether oxygens (including phenoxy) is 2. The van der Waals surface area contributed by atoms with Crippen LogP contribution in [0.25, 0.3) is 0 Å². The van der Waals surface area contributed by atoms with Gasteiger partial charge in [-0.15, -0.1) is 0 Å². The van der Waals surface area contributed by atoms with Gasteiger partial charge in [-0.05, 0) is 44.9 Å². The Balaban J connectivity index is 1.99. The third-order valence-electron chi connectivity index (χ3n) is 4.62. The number of carbonyl (C=O) groups excluding carboxylic acids is 1. The zero-order chi connectivity index (χ0) is 21.9. The molecule has 30 heavy (non-hydrogen) atoms. The highest BCUT2D eigenvalue weighted by Gasteiger charge is 2.17.